The summed E-state index contributed by atoms with van der Waals surface area (Å²) in [6.07, 6.45) is 2.86. The average molecular weight is 505 g/mol. The minimum Gasteiger partial charge on any atom is -0.484 e. The molecule has 0 aliphatic carbocycles. The molecule has 0 saturated carbocycles. The van der Waals surface area contributed by atoms with Crippen molar-refractivity contribution >= 4 is 22.2 Å². The molecule has 3 heterocycles. The molecule has 5 rings (SSSR count). The summed E-state index contributed by atoms with van der Waals surface area (Å²) in [6, 6.07) is 17.9. The number of fused-ring (bicyclic) bond motifs is 1. The number of aromatic nitrogens is 2. The molecular formula is C28H32N4O3S. The third-order valence-electron chi connectivity index (χ3n) is 6.52. The minimum atomic E-state index is 0.00422. The van der Waals surface area contributed by atoms with Crippen LogP contribution in [0.15, 0.2) is 66.2 Å². The predicted molar refractivity (Wildman–Crippen MR) is 143 cm³/mol. The Kier molecular flexibility index (Phi) is 7.95. The molecular weight excluding hydrogens is 472 g/mol. The van der Waals surface area contributed by atoms with Crippen molar-refractivity contribution in [2.75, 3.05) is 52.5 Å². The van der Waals surface area contributed by atoms with Gasteiger partial charge in [0, 0.05) is 62.0 Å². The van der Waals surface area contributed by atoms with Gasteiger partial charge in [-0.25, -0.2) is 4.98 Å². The van der Waals surface area contributed by atoms with E-state index in [1.54, 1.807) is 11.3 Å². The second-order valence-electron chi connectivity index (χ2n) is 9.06. The monoisotopic (exact) mass is 504 g/mol. The zero-order valence-electron chi connectivity index (χ0n) is 20.6. The van der Waals surface area contributed by atoms with E-state index in [2.05, 4.69) is 52.1 Å². The minimum absolute atomic E-state index is 0.00422. The number of imidazole rings is 1. The molecule has 0 bridgehead atoms. The summed E-state index contributed by atoms with van der Waals surface area (Å²) < 4.78 is 13.4. The summed E-state index contributed by atoms with van der Waals surface area (Å²) in [7, 11) is 0. The molecule has 2 aromatic heterocycles. The van der Waals surface area contributed by atoms with Gasteiger partial charge in [0.1, 0.15) is 5.75 Å². The maximum Gasteiger partial charge on any atom is 0.260 e. The van der Waals surface area contributed by atoms with E-state index in [1.165, 1.54) is 5.56 Å². The molecule has 188 valence electrons. The molecule has 1 aliphatic heterocycles. The molecule has 1 fully saturated rings. The lowest BCUT2D eigenvalue weighted by Gasteiger charge is -2.30. The lowest BCUT2D eigenvalue weighted by molar-refractivity contribution is -0.133. The Labute approximate surface area is 215 Å². The van der Waals surface area contributed by atoms with Crippen molar-refractivity contribution in [3.8, 4) is 17.0 Å². The third kappa shape index (κ3) is 6.13. The van der Waals surface area contributed by atoms with Crippen molar-refractivity contribution in [1.82, 2.24) is 19.2 Å². The normalized spacial score (nSPS) is 14.2. The van der Waals surface area contributed by atoms with E-state index in [9.17, 15) is 4.79 Å². The number of morpholine rings is 1. The SMILES string of the molecule is Cc1ccc(-c2cn3c(CCN(CCN4CCOCC4)C(=O)COc4ccccc4)csc3n2)cc1. The maximum absolute atomic E-state index is 13.2. The van der Waals surface area contributed by atoms with Crippen molar-refractivity contribution < 1.29 is 14.3 Å². The van der Waals surface area contributed by atoms with Crippen LogP contribution in [-0.2, 0) is 16.0 Å². The van der Waals surface area contributed by atoms with Gasteiger partial charge in [0.25, 0.3) is 5.91 Å². The molecule has 1 saturated heterocycles. The van der Waals surface area contributed by atoms with Gasteiger partial charge in [-0.1, -0.05) is 48.0 Å². The molecule has 0 N–H and O–H groups in total. The fourth-order valence-electron chi connectivity index (χ4n) is 4.32. The van der Waals surface area contributed by atoms with Crippen LogP contribution in [0.5, 0.6) is 5.75 Å². The predicted octanol–water partition coefficient (Wildman–Crippen LogP) is 4.15. The van der Waals surface area contributed by atoms with Crippen LogP contribution >= 0.6 is 11.3 Å². The Hall–Kier alpha value is -3.20. The van der Waals surface area contributed by atoms with E-state index in [0.29, 0.717) is 18.8 Å². The van der Waals surface area contributed by atoms with Gasteiger partial charge in [0.05, 0.1) is 18.9 Å². The number of benzene rings is 2. The van der Waals surface area contributed by atoms with Crippen LogP contribution in [0.25, 0.3) is 16.2 Å². The molecule has 2 aromatic carbocycles. The van der Waals surface area contributed by atoms with Crippen molar-refractivity contribution in [3.63, 3.8) is 0 Å². The van der Waals surface area contributed by atoms with Gasteiger partial charge < -0.3 is 14.4 Å². The first-order valence-corrected chi connectivity index (χ1v) is 13.3. The zero-order chi connectivity index (χ0) is 24.7. The molecule has 0 unspecified atom stereocenters. The van der Waals surface area contributed by atoms with E-state index >= 15 is 0 Å². The summed E-state index contributed by atoms with van der Waals surface area (Å²) in [5.41, 5.74) is 4.48. The second-order valence-corrected chi connectivity index (χ2v) is 9.89. The molecule has 1 amide bonds. The van der Waals surface area contributed by atoms with Crippen LogP contribution < -0.4 is 4.74 Å². The van der Waals surface area contributed by atoms with Crippen molar-refractivity contribution in [2.45, 2.75) is 13.3 Å². The highest BCUT2D eigenvalue weighted by molar-refractivity contribution is 7.15. The molecule has 0 spiro atoms. The number of carbonyl (C=O) groups is 1. The van der Waals surface area contributed by atoms with Crippen molar-refractivity contribution in [2.24, 2.45) is 0 Å². The molecule has 4 aromatic rings. The number of hydrogen-bond donors (Lipinski definition) is 0. The number of ether oxygens (including phenoxy) is 2. The summed E-state index contributed by atoms with van der Waals surface area (Å²) in [4.78, 5) is 23.2. The largest absolute Gasteiger partial charge is 0.484 e. The lowest BCUT2D eigenvalue weighted by Crippen LogP contribution is -2.44. The van der Waals surface area contributed by atoms with Gasteiger partial charge >= 0.3 is 0 Å². The fourth-order valence-corrected chi connectivity index (χ4v) is 5.23. The number of aryl methyl sites for hydroxylation is 1. The number of thiazole rings is 1. The summed E-state index contributed by atoms with van der Waals surface area (Å²) in [6.45, 7) is 7.58. The molecule has 8 heteroatoms. The van der Waals surface area contributed by atoms with E-state index < -0.39 is 0 Å². The van der Waals surface area contributed by atoms with Gasteiger partial charge in [-0.15, -0.1) is 11.3 Å². The summed E-state index contributed by atoms with van der Waals surface area (Å²) >= 11 is 1.64. The van der Waals surface area contributed by atoms with E-state index in [4.69, 9.17) is 14.5 Å². The quantitative estimate of drug-likeness (QED) is 0.325. The highest BCUT2D eigenvalue weighted by Gasteiger charge is 2.19. The Morgan fingerprint density at radius 2 is 1.86 bits per heavy atom. The number of hydrogen-bond acceptors (Lipinski definition) is 6. The molecule has 1 aliphatic rings. The van der Waals surface area contributed by atoms with Crippen LogP contribution in [0, 0.1) is 6.92 Å². The van der Waals surface area contributed by atoms with Crippen LogP contribution in [0.1, 0.15) is 11.3 Å². The Morgan fingerprint density at radius 3 is 2.64 bits per heavy atom. The molecule has 0 atom stereocenters. The van der Waals surface area contributed by atoms with Gasteiger partial charge in [0.2, 0.25) is 0 Å². The average Bonchev–Trinajstić information content (AvgIpc) is 3.50. The van der Waals surface area contributed by atoms with E-state index in [1.807, 2.05) is 35.2 Å². The van der Waals surface area contributed by atoms with Crippen molar-refractivity contribution in [1.29, 1.82) is 0 Å². The van der Waals surface area contributed by atoms with Crippen LogP contribution in [-0.4, -0.2) is 77.6 Å². The van der Waals surface area contributed by atoms with Crippen LogP contribution in [0.3, 0.4) is 0 Å². The smallest absolute Gasteiger partial charge is 0.260 e. The second kappa shape index (κ2) is 11.7. The highest BCUT2D eigenvalue weighted by atomic mass is 32.1. The highest BCUT2D eigenvalue weighted by Crippen LogP contribution is 2.24. The Morgan fingerprint density at radius 1 is 1.08 bits per heavy atom. The summed E-state index contributed by atoms with van der Waals surface area (Å²) in [5, 5.41) is 2.15. The summed E-state index contributed by atoms with van der Waals surface area (Å²) in [5.74, 6) is 0.713. The maximum atomic E-state index is 13.2. The number of para-hydroxylation sites is 1. The molecule has 7 nitrogen and oxygen atoms in total. The Balaban J connectivity index is 1.26. The van der Waals surface area contributed by atoms with Gasteiger partial charge in [-0.2, -0.15) is 0 Å². The number of rotatable bonds is 10. The van der Waals surface area contributed by atoms with Gasteiger partial charge in [-0.05, 0) is 19.1 Å². The number of nitrogens with zero attached hydrogens (tertiary/aromatic N) is 4. The number of carbonyl (C=O) groups excluding carboxylic acids is 1. The molecule has 36 heavy (non-hydrogen) atoms. The van der Waals surface area contributed by atoms with Crippen molar-refractivity contribution in [3.05, 3.63) is 77.4 Å². The van der Waals surface area contributed by atoms with E-state index in [-0.39, 0.29) is 12.5 Å². The lowest BCUT2D eigenvalue weighted by atomic mass is 10.1. The standard InChI is InChI=1S/C28H32N4O3S/c1-22-7-9-23(10-8-22)26-19-32-24(21-36-28(32)29-26)11-12-31(14-13-30-15-17-34-18-16-30)27(33)20-35-25-5-3-2-4-6-25/h2-10,19,21H,11-18,20H2,1H3. The van der Waals surface area contributed by atoms with Crippen LogP contribution in [0.2, 0.25) is 0 Å². The van der Waals surface area contributed by atoms with Crippen LogP contribution in [0.4, 0.5) is 0 Å². The van der Waals surface area contributed by atoms with Gasteiger partial charge in [0.15, 0.2) is 11.6 Å². The van der Waals surface area contributed by atoms with Gasteiger partial charge in [-0.3, -0.25) is 14.1 Å². The molecule has 0 radical (unpaired) electrons. The fraction of sp³-hybridized carbons (Fsp3) is 0.357. The Bertz CT molecular complexity index is 1260. The first kappa shape index (κ1) is 24.5. The van der Waals surface area contributed by atoms with E-state index in [0.717, 1.165) is 61.2 Å². The first-order chi connectivity index (χ1) is 17.7. The third-order valence-corrected chi connectivity index (χ3v) is 7.41. The number of amides is 1. The topological polar surface area (TPSA) is 59.3 Å². The first-order valence-electron chi connectivity index (χ1n) is 12.4. The zero-order valence-corrected chi connectivity index (χ0v) is 21.5.